The normalized spacial score (nSPS) is 25.6. The van der Waals surface area contributed by atoms with Gasteiger partial charge < -0.3 is 9.84 Å². The summed E-state index contributed by atoms with van der Waals surface area (Å²) < 4.78 is 5.40. The van der Waals surface area contributed by atoms with Crippen molar-refractivity contribution in [1.29, 1.82) is 0 Å². The quantitative estimate of drug-likeness (QED) is 0.608. The van der Waals surface area contributed by atoms with E-state index in [9.17, 15) is 4.79 Å². The Hall–Kier alpha value is -0.830. The van der Waals surface area contributed by atoms with Gasteiger partial charge in [-0.1, -0.05) is 0 Å². The van der Waals surface area contributed by atoms with Crippen molar-refractivity contribution in [2.24, 2.45) is 0 Å². The van der Waals surface area contributed by atoms with Crippen LogP contribution in [0.1, 0.15) is 27.2 Å². The molecule has 1 heterocycles. The fourth-order valence-corrected chi connectivity index (χ4v) is 1.56. The summed E-state index contributed by atoms with van der Waals surface area (Å²) >= 11 is 0. The molecule has 1 aliphatic heterocycles. The highest BCUT2D eigenvalue weighted by Gasteiger charge is 2.32. The van der Waals surface area contributed by atoms with Gasteiger partial charge in [0, 0.05) is 5.57 Å². The monoisotopic (exact) mass is 170 g/mol. The van der Waals surface area contributed by atoms with Crippen molar-refractivity contribution in [2.75, 3.05) is 6.61 Å². The first-order valence-electron chi connectivity index (χ1n) is 4.02. The van der Waals surface area contributed by atoms with E-state index < -0.39 is 5.97 Å². The zero-order valence-electron chi connectivity index (χ0n) is 7.68. The Kier molecular flexibility index (Phi) is 2.24. The number of carboxylic acids is 1. The lowest BCUT2D eigenvalue weighted by Crippen LogP contribution is -2.22. The first-order chi connectivity index (χ1) is 5.45. The van der Waals surface area contributed by atoms with Crippen molar-refractivity contribution in [3.05, 3.63) is 11.1 Å². The van der Waals surface area contributed by atoms with Crippen LogP contribution < -0.4 is 0 Å². The van der Waals surface area contributed by atoms with Crippen LogP contribution in [-0.4, -0.2) is 23.3 Å². The van der Waals surface area contributed by atoms with Crippen molar-refractivity contribution in [3.63, 3.8) is 0 Å². The van der Waals surface area contributed by atoms with Gasteiger partial charge in [0.15, 0.2) is 0 Å². The zero-order valence-corrected chi connectivity index (χ0v) is 7.68. The molecule has 0 bridgehead atoms. The lowest BCUT2D eigenvalue weighted by atomic mass is 9.93. The minimum absolute atomic E-state index is 0.386. The summed E-state index contributed by atoms with van der Waals surface area (Å²) in [5.41, 5.74) is 0.954. The van der Waals surface area contributed by atoms with Crippen LogP contribution in [0.5, 0.6) is 0 Å². The Balaban J connectivity index is 3.01. The highest BCUT2D eigenvalue weighted by Crippen LogP contribution is 2.32. The molecule has 1 rings (SSSR count). The van der Waals surface area contributed by atoms with Gasteiger partial charge in [-0.2, -0.15) is 0 Å². The topological polar surface area (TPSA) is 46.5 Å². The lowest BCUT2D eigenvalue weighted by molar-refractivity contribution is -0.132. The Labute approximate surface area is 72.0 Å². The van der Waals surface area contributed by atoms with Crippen LogP contribution in [0.3, 0.4) is 0 Å². The van der Waals surface area contributed by atoms with Gasteiger partial charge in [-0.15, -0.1) is 0 Å². The van der Waals surface area contributed by atoms with Crippen molar-refractivity contribution >= 4 is 5.97 Å². The molecular formula is C9H14O3. The third-order valence-electron chi connectivity index (χ3n) is 2.32. The van der Waals surface area contributed by atoms with Gasteiger partial charge >= 0.3 is 5.97 Å². The molecule has 1 saturated heterocycles. The Morgan fingerprint density at radius 2 is 2.17 bits per heavy atom. The molecule has 0 aliphatic carbocycles. The molecule has 1 fully saturated rings. The number of carbonyl (C=O) groups is 1. The second-order valence-electron chi connectivity index (χ2n) is 3.52. The number of rotatable bonds is 1. The van der Waals surface area contributed by atoms with Crippen LogP contribution in [0.2, 0.25) is 0 Å². The van der Waals surface area contributed by atoms with E-state index in [1.807, 2.05) is 13.8 Å². The first kappa shape index (κ1) is 9.26. The number of aliphatic carboxylic acids is 1. The van der Waals surface area contributed by atoms with Crippen LogP contribution in [0.25, 0.3) is 0 Å². The van der Waals surface area contributed by atoms with Gasteiger partial charge in [-0.3, -0.25) is 0 Å². The van der Waals surface area contributed by atoms with E-state index in [4.69, 9.17) is 9.84 Å². The predicted molar refractivity (Wildman–Crippen MR) is 45.0 cm³/mol. The summed E-state index contributed by atoms with van der Waals surface area (Å²) in [6, 6.07) is 0. The van der Waals surface area contributed by atoms with Crippen molar-refractivity contribution in [3.8, 4) is 0 Å². The number of ether oxygens (including phenoxy) is 1. The first-order valence-corrected chi connectivity index (χ1v) is 4.02. The lowest BCUT2D eigenvalue weighted by Gasteiger charge is -2.20. The van der Waals surface area contributed by atoms with Crippen molar-refractivity contribution < 1.29 is 14.6 Å². The van der Waals surface area contributed by atoms with Crippen LogP contribution >= 0.6 is 0 Å². The fourth-order valence-electron chi connectivity index (χ4n) is 1.56. The highest BCUT2D eigenvalue weighted by molar-refractivity contribution is 5.87. The maximum absolute atomic E-state index is 10.7. The number of hydrogen-bond acceptors (Lipinski definition) is 2. The molecule has 0 unspecified atom stereocenters. The molecular weight excluding hydrogens is 156 g/mol. The van der Waals surface area contributed by atoms with E-state index in [1.54, 1.807) is 6.92 Å². The summed E-state index contributed by atoms with van der Waals surface area (Å²) in [6.45, 7) is 6.07. The highest BCUT2D eigenvalue weighted by atomic mass is 16.5. The molecule has 3 heteroatoms. The standard InChI is InChI=1S/C9H14O3/c1-6(8(10)11)7-4-5-12-9(7,2)3/h4-5H2,1-3H3,(H,10,11)/b7-6+. The molecule has 3 nitrogen and oxygen atoms in total. The van der Waals surface area contributed by atoms with Gasteiger partial charge in [-0.05, 0) is 32.8 Å². The minimum atomic E-state index is -0.844. The fraction of sp³-hybridized carbons (Fsp3) is 0.667. The molecule has 1 N–H and O–H groups in total. The van der Waals surface area contributed by atoms with Crippen LogP contribution in [0, 0.1) is 0 Å². The second-order valence-corrected chi connectivity index (χ2v) is 3.52. The Morgan fingerprint density at radius 3 is 2.50 bits per heavy atom. The van der Waals surface area contributed by atoms with Crippen LogP contribution in [0.4, 0.5) is 0 Å². The molecule has 0 radical (unpaired) electrons. The summed E-state index contributed by atoms with van der Waals surface area (Å²) in [6.07, 6.45) is 0.741. The number of carboxylic acid groups (broad SMARTS) is 1. The predicted octanol–water partition coefficient (Wildman–Crippen LogP) is 1.59. The average molecular weight is 170 g/mol. The molecule has 1 aliphatic rings. The van der Waals surface area contributed by atoms with Crippen LogP contribution in [-0.2, 0) is 9.53 Å². The summed E-state index contributed by atoms with van der Waals surface area (Å²) in [4.78, 5) is 10.7. The molecule has 0 spiro atoms. The summed E-state index contributed by atoms with van der Waals surface area (Å²) in [5, 5.41) is 8.76. The number of hydrogen-bond donors (Lipinski definition) is 1. The second kappa shape index (κ2) is 2.90. The molecule has 0 amide bonds. The molecule has 0 atom stereocenters. The van der Waals surface area contributed by atoms with E-state index >= 15 is 0 Å². The Morgan fingerprint density at radius 1 is 1.58 bits per heavy atom. The molecule has 68 valence electrons. The molecule has 0 aromatic carbocycles. The third-order valence-corrected chi connectivity index (χ3v) is 2.32. The van der Waals surface area contributed by atoms with E-state index in [1.165, 1.54) is 0 Å². The largest absolute Gasteiger partial charge is 0.478 e. The smallest absolute Gasteiger partial charge is 0.331 e. The molecule has 0 saturated carbocycles. The van der Waals surface area contributed by atoms with Gasteiger partial charge in [0.2, 0.25) is 0 Å². The van der Waals surface area contributed by atoms with Gasteiger partial charge in [0.25, 0.3) is 0 Å². The maximum atomic E-state index is 10.7. The van der Waals surface area contributed by atoms with Gasteiger partial charge in [-0.25, -0.2) is 4.79 Å². The minimum Gasteiger partial charge on any atom is -0.478 e. The van der Waals surface area contributed by atoms with E-state index in [-0.39, 0.29) is 5.60 Å². The van der Waals surface area contributed by atoms with E-state index in [0.29, 0.717) is 12.2 Å². The van der Waals surface area contributed by atoms with Crippen molar-refractivity contribution in [1.82, 2.24) is 0 Å². The van der Waals surface area contributed by atoms with Crippen molar-refractivity contribution in [2.45, 2.75) is 32.8 Å². The average Bonchev–Trinajstić information content (AvgIpc) is 2.27. The Bertz CT molecular complexity index is 238. The van der Waals surface area contributed by atoms with Crippen LogP contribution in [0.15, 0.2) is 11.1 Å². The summed E-state index contributed by atoms with van der Waals surface area (Å²) in [7, 11) is 0. The summed E-state index contributed by atoms with van der Waals surface area (Å²) in [5.74, 6) is -0.844. The van der Waals surface area contributed by atoms with E-state index in [0.717, 1.165) is 12.0 Å². The maximum Gasteiger partial charge on any atom is 0.331 e. The zero-order chi connectivity index (χ0) is 9.35. The third kappa shape index (κ3) is 1.50. The molecule has 12 heavy (non-hydrogen) atoms. The molecule has 0 aromatic rings. The van der Waals surface area contributed by atoms with E-state index in [2.05, 4.69) is 0 Å². The van der Waals surface area contributed by atoms with Gasteiger partial charge in [0.05, 0.1) is 12.2 Å². The molecule has 0 aromatic heterocycles. The van der Waals surface area contributed by atoms with Gasteiger partial charge in [0.1, 0.15) is 0 Å². The SMILES string of the molecule is C/C(C(=O)O)=C1/CCOC1(C)C.